The van der Waals surface area contributed by atoms with Crippen LogP contribution in [-0.2, 0) is 4.79 Å². The summed E-state index contributed by atoms with van der Waals surface area (Å²) in [6.45, 7) is 2.19. The van der Waals surface area contributed by atoms with E-state index in [1.807, 2.05) is 36.4 Å². The third kappa shape index (κ3) is 4.86. The van der Waals surface area contributed by atoms with Crippen molar-refractivity contribution in [3.63, 3.8) is 0 Å². The second-order valence-electron chi connectivity index (χ2n) is 6.93. The van der Waals surface area contributed by atoms with Crippen LogP contribution in [0.3, 0.4) is 0 Å². The normalized spacial score (nSPS) is 22.1. The number of hydrogen-bond donors (Lipinski definition) is 2. The number of rotatable bonds is 5. The van der Waals surface area contributed by atoms with E-state index in [0.29, 0.717) is 24.3 Å². The molecule has 6 nitrogen and oxygen atoms in total. The van der Waals surface area contributed by atoms with Gasteiger partial charge in [-0.2, -0.15) is 0 Å². The maximum atomic E-state index is 12.4. The molecular weight excluding hydrogens is 344 g/mol. The number of ether oxygens (including phenoxy) is 1. The first-order valence-corrected chi connectivity index (χ1v) is 9.01. The van der Waals surface area contributed by atoms with Gasteiger partial charge in [0.15, 0.2) is 0 Å². The maximum Gasteiger partial charge on any atom is 0.251 e. The van der Waals surface area contributed by atoms with E-state index in [1.165, 1.54) is 0 Å². The first kappa shape index (κ1) is 18.9. The molecule has 2 aromatic carbocycles. The van der Waals surface area contributed by atoms with Crippen molar-refractivity contribution >= 4 is 11.8 Å². The van der Waals surface area contributed by atoms with Crippen LogP contribution < -0.4 is 10.1 Å². The van der Waals surface area contributed by atoms with Gasteiger partial charge in [-0.1, -0.05) is 36.4 Å². The average molecular weight is 368 g/mol. The fourth-order valence-electron chi connectivity index (χ4n) is 3.17. The first-order chi connectivity index (χ1) is 13.0. The molecule has 2 amide bonds. The van der Waals surface area contributed by atoms with E-state index in [2.05, 4.69) is 5.32 Å². The van der Waals surface area contributed by atoms with Crippen molar-refractivity contribution in [2.45, 2.75) is 25.0 Å². The number of nitrogens with one attached hydrogen (secondary N) is 1. The van der Waals surface area contributed by atoms with Crippen LogP contribution in [0.4, 0.5) is 0 Å². The Kier molecular flexibility index (Phi) is 5.76. The number of nitrogens with zero attached hydrogens (tertiary/aromatic N) is 1. The summed E-state index contributed by atoms with van der Waals surface area (Å²) in [5.41, 5.74) is -0.667. The summed E-state index contributed by atoms with van der Waals surface area (Å²) >= 11 is 0. The van der Waals surface area contributed by atoms with E-state index in [4.69, 9.17) is 4.74 Å². The molecule has 2 N–H and O–H groups in total. The number of piperidine rings is 1. The van der Waals surface area contributed by atoms with E-state index >= 15 is 0 Å². The number of aliphatic hydroxyl groups is 1. The summed E-state index contributed by atoms with van der Waals surface area (Å²) in [5, 5.41) is 13.4. The monoisotopic (exact) mass is 368 g/mol. The fraction of sp³-hybridized carbons (Fsp3) is 0.333. The van der Waals surface area contributed by atoms with E-state index in [0.717, 1.165) is 0 Å². The van der Waals surface area contributed by atoms with Crippen LogP contribution in [0.5, 0.6) is 5.75 Å². The van der Waals surface area contributed by atoms with Crippen molar-refractivity contribution in [2.75, 3.05) is 19.6 Å². The number of carbonyl (C=O) groups excluding carboxylic acids is 2. The summed E-state index contributed by atoms with van der Waals surface area (Å²) in [6, 6.07) is 18.1. The molecule has 6 heteroatoms. The Hall–Kier alpha value is -2.86. The standard InChI is InChI=1S/C21H24N2O4/c1-21(26)15-23(13-12-18(21)27-17-10-6-3-7-11-17)19(24)14-22-20(25)16-8-4-2-5-9-16/h2-11,18,26H,12-15H2,1H3,(H,22,25)/t18-,21-/m0/s1. The summed E-state index contributed by atoms with van der Waals surface area (Å²) in [6.07, 6.45) is 0.114. The molecule has 0 aliphatic carbocycles. The van der Waals surface area contributed by atoms with Gasteiger partial charge in [-0.25, -0.2) is 0 Å². The zero-order valence-corrected chi connectivity index (χ0v) is 15.3. The number of amides is 2. The third-order valence-corrected chi connectivity index (χ3v) is 4.68. The van der Waals surface area contributed by atoms with Crippen molar-refractivity contribution in [1.29, 1.82) is 0 Å². The molecule has 2 aromatic rings. The fourth-order valence-corrected chi connectivity index (χ4v) is 3.17. The first-order valence-electron chi connectivity index (χ1n) is 9.01. The lowest BCUT2D eigenvalue weighted by Crippen LogP contribution is -2.59. The van der Waals surface area contributed by atoms with E-state index in [-0.39, 0.29) is 24.9 Å². The molecule has 3 rings (SSSR count). The number of para-hydroxylation sites is 1. The van der Waals surface area contributed by atoms with Crippen molar-refractivity contribution in [3.8, 4) is 5.75 Å². The van der Waals surface area contributed by atoms with Crippen LogP contribution in [0.2, 0.25) is 0 Å². The maximum absolute atomic E-state index is 12.4. The molecule has 0 spiro atoms. The van der Waals surface area contributed by atoms with Gasteiger partial charge in [0.05, 0.1) is 13.1 Å². The van der Waals surface area contributed by atoms with Crippen LogP contribution in [0.1, 0.15) is 23.7 Å². The molecule has 1 aliphatic rings. The highest BCUT2D eigenvalue weighted by molar-refractivity contribution is 5.96. The molecule has 0 radical (unpaired) electrons. The number of hydrogen-bond acceptors (Lipinski definition) is 4. The zero-order valence-electron chi connectivity index (χ0n) is 15.3. The molecule has 27 heavy (non-hydrogen) atoms. The van der Waals surface area contributed by atoms with Crippen LogP contribution in [0, 0.1) is 0 Å². The van der Waals surface area contributed by atoms with Gasteiger partial charge in [0.25, 0.3) is 5.91 Å². The van der Waals surface area contributed by atoms with Crippen LogP contribution >= 0.6 is 0 Å². The van der Waals surface area contributed by atoms with Gasteiger partial charge in [0, 0.05) is 18.5 Å². The lowest BCUT2D eigenvalue weighted by atomic mass is 9.91. The van der Waals surface area contributed by atoms with Gasteiger partial charge < -0.3 is 20.1 Å². The minimum absolute atomic E-state index is 0.103. The molecule has 2 atom stereocenters. The Labute approximate surface area is 158 Å². The number of carbonyl (C=O) groups is 2. The Morgan fingerprint density at radius 1 is 1.15 bits per heavy atom. The van der Waals surface area contributed by atoms with Gasteiger partial charge in [-0.3, -0.25) is 9.59 Å². The molecule has 0 unspecified atom stereocenters. The van der Waals surface area contributed by atoms with Crippen molar-refractivity contribution in [2.24, 2.45) is 0 Å². The SMILES string of the molecule is C[C@]1(O)CN(C(=O)CNC(=O)c2ccccc2)CC[C@@H]1Oc1ccccc1. The zero-order chi connectivity index (χ0) is 19.3. The van der Waals surface area contributed by atoms with E-state index < -0.39 is 11.7 Å². The highest BCUT2D eigenvalue weighted by atomic mass is 16.5. The Morgan fingerprint density at radius 3 is 2.41 bits per heavy atom. The van der Waals surface area contributed by atoms with Crippen LogP contribution in [-0.4, -0.2) is 53.2 Å². The third-order valence-electron chi connectivity index (χ3n) is 4.68. The van der Waals surface area contributed by atoms with E-state index in [1.54, 1.807) is 36.1 Å². The van der Waals surface area contributed by atoms with Crippen molar-refractivity contribution in [1.82, 2.24) is 10.2 Å². The number of likely N-dealkylation sites (tertiary alicyclic amines) is 1. The summed E-state index contributed by atoms with van der Waals surface area (Å²) < 4.78 is 5.90. The lowest BCUT2D eigenvalue weighted by Gasteiger charge is -2.42. The van der Waals surface area contributed by atoms with Crippen LogP contribution in [0.15, 0.2) is 60.7 Å². The van der Waals surface area contributed by atoms with E-state index in [9.17, 15) is 14.7 Å². The van der Waals surface area contributed by atoms with Crippen molar-refractivity contribution < 1.29 is 19.4 Å². The number of β-amino-alcohol motifs (C(OH)–C–C–N with tert-alkyl or cyclic N) is 1. The molecule has 0 saturated carbocycles. The quantitative estimate of drug-likeness (QED) is 0.844. The largest absolute Gasteiger partial charge is 0.487 e. The summed E-state index contributed by atoms with van der Waals surface area (Å²) in [4.78, 5) is 26.1. The Balaban J connectivity index is 1.53. The minimum atomic E-state index is -1.17. The minimum Gasteiger partial charge on any atom is -0.487 e. The molecule has 0 bridgehead atoms. The highest BCUT2D eigenvalue weighted by Crippen LogP contribution is 2.26. The Morgan fingerprint density at radius 2 is 1.78 bits per heavy atom. The van der Waals surface area contributed by atoms with Gasteiger partial charge in [-0.05, 0) is 31.2 Å². The second kappa shape index (κ2) is 8.22. The van der Waals surface area contributed by atoms with Gasteiger partial charge >= 0.3 is 0 Å². The highest BCUT2D eigenvalue weighted by Gasteiger charge is 2.41. The molecule has 0 aromatic heterocycles. The number of benzene rings is 2. The van der Waals surface area contributed by atoms with Gasteiger partial charge in [0.2, 0.25) is 5.91 Å². The average Bonchev–Trinajstić information content (AvgIpc) is 2.68. The summed E-state index contributed by atoms with van der Waals surface area (Å²) in [5.74, 6) is 0.174. The predicted octanol–water partition coefficient (Wildman–Crippen LogP) is 1.85. The molecule has 1 heterocycles. The van der Waals surface area contributed by atoms with Gasteiger partial charge in [-0.15, -0.1) is 0 Å². The Bertz CT molecular complexity index is 777. The molecule has 142 valence electrons. The predicted molar refractivity (Wildman–Crippen MR) is 101 cm³/mol. The summed E-state index contributed by atoms with van der Waals surface area (Å²) in [7, 11) is 0. The molecule has 1 saturated heterocycles. The molecule has 1 fully saturated rings. The molecule has 1 aliphatic heterocycles. The van der Waals surface area contributed by atoms with Crippen LogP contribution in [0.25, 0.3) is 0 Å². The second-order valence-corrected chi connectivity index (χ2v) is 6.93. The molecular formula is C21H24N2O4. The topological polar surface area (TPSA) is 78.9 Å². The lowest BCUT2D eigenvalue weighted by molar-refractivity contribution is -0.144. The van der Waals surface area contributed by atoms with Gasteiger partial charge in [0.1, 0.15) is 17.5 Å². The smallest absolute Gasteiger partial charge is 0.251 e. The van der Waals surface area contributed by atoms with Crippen molar-refractivity contribution in [3.05, 3.63) is 66.2 Å².